The molecule has 0 saturated carbocycles. The molecule has 0 aromatic carbocycles. The third kappa shape index (κ3) is 4.60. The molecule has 0 saturated heterocycles. The second-order valence-electron chi connectivity index (χ2n) is 6.77. The van der Waals surface area contributed by atoms with Crippen LogP contribution in [-0.4, -0.2) is 24.4 Å². The van der Waals surface area contributed by atoms with Crippen LogP contribution in [0.4, 0.5) is 0 Å². The van der Waals surface area contributed by atoms with Crippen molar-refractivity contribution in [3.63, 3.8) is 0 Å². The van der Waals surface area contributed by atoms with Crippen LogP contribution in [0.2, 0.25) is 0 Å². The SMILES string of the molecule is Cc1ccc(C(C)N(C)C(=O)C(CN)CC(C)(C)C)s1. The summed E-state index contributed by atoms with van der Waals surface area (Å²) in [5, 5.41) is 0. The van der Waals surface area contributed by atoms with E-state index in [0.717, 1.165) is 6.42 Å². The maximum absolute atomic E-state index is 12.6. The highest BCUT2D eigenvalue weighted by atomic mass is 32.1. The summed E-state index contributed by atoms with van der Waals surface area (Å²) in [4.78, 5) is 17.0. The lowest BCUT2D eigenvalue weighted by molar-refractivity contribution is -0.136. The van der Waals surface area contributed by atoms with Crippen molar-refractivity contribution in [2.24, 2.45) is 17.1 Å². The van der Waals surface area contributed by atoms with Crippen molar-refractivity contribution in [2.45, 2.75) is 47.1 Å². The van der Waals surface area contributed by atoms with Gasteiger partial charge in [0.15, 0.2) is 0 Å². The van der Waals surface area contributed by atoms with Crippen LogP contribution >= 0.6 is 11.3 Å². The first-order valence-electron chi connectivity index (χ1n) is 7.19. The first kappa shape index (κ1) is 17.2. The average molecular weight is 296 g/mol. The highest BCUT2D eigenvalue weighted by Gasteiger charge is 2.28. The third-order valence-electron chi connectivity index (χ3n) is 3.59. The fraction of sp³-hybridized carbons (Fsp3) is 0.688. The summed E-state index contributed by atoms with van der Waals surface area (Å²) in [5.41, 5.74) is 5.93. The molecule has 2 atom stereocenters. The van der Waals surface area contributed by atoms with Crippen molar-refractivity contribution in [3.8, 4) is 0 Å². The van der Waals surface area contributed by atoms with Gasteiger partial charge in [-0.1, -0.05) is 20.8 Å². The van der Waals surface area contributed by atoms with Gasteiger partial charge in [-0.25, -0.2) is 0 Å². The largest absolute Gasteiger partial charge is 0.338 e. The van der Waals surface area contributed by atoms with Crippen molar-refractivity contribution >= 4 is 17.2 Å². The number of nitrogens with two attached hydrogens (primary N) is 1. The summed E-state index contributed by atoms with van der Waals surface area (Å²) in [7, 11) is 1.88. The van der Waals surface area contributed by atoms with E-state index in [1.165, 1.54) is 9.75 Å². The van der Waals surface area contributed by atoms with E-state index < -0.39 is 0 Å². The molecule has 0 fully saturated rings. The lowest BCUT2D eigenvalue weighted by Gasteiger charge is -2.31. The standard InChI is InChI=1S/C16H28N2OS/c1-11-7-8-14(20-11)12(2)18(6)15(19)13(10-17)9-16(3,4)5/h7-8,12-13H,9-10,17H2,1-6H3. The van der Waals surface area contributed by atoms with Gasteiger partial charge in [0.25, 0.3) is 0 Å². The zero-order valence-corrected chi connectivity index (χ0v) is 14.4. The minimum absolute atomic E-state index is 0.0940. The molecule has 2 unspecified atom stereocenters. The van der Waals surface area contributed by atoms with Crippen LogP contribution in [0.1, 0.15) is 49.9 Å². The number of aryl methyl sites for hydroxylation is 1. The Bertz CT molecular complexity index is 448. The molecule has 1 heterocycles. The molecular weight excluding hydrogens is 268 g/mol. The number of amides is 1. The van der Waals surface area contributed by atoms with Crippen LogP contribution in [0.3, 0.4) is 0 Å². The zero-order chi connectivity index (χ0) is 15.5. The van der Waals surface area contributed by atoms with Crippen LogP contribution in [0.15, 0.2) is 12.1 Å². The molecule has 114 valence electrons. The van der Waals surface area contributed by atoms with Crippen LogP contribution in [0, 0.1) is 18.3 Å². The van der Waals surface area contributed by atoms with Crippen molar-refractivity contribution in [2.75, 3.05) is 13.6 Å². The Kier molecular flexibility index (Phi) is 5.78. The van der Waals surface area contributed by atoms with Crippen LogP contribution < -0.4 is 5.73 Å². The Morgan fingerprint density at radius 2 is 2.00 bits per heavy atom. The molecule has 0 aliphatic rings. The molecule has 20 heavy (non-hydrogen) atoms. The summed E-state index contributed by atoms with van der Waals surface area (Å²) in [6.07, 6.45) is 0.822. The monoisotopic (exact) mass is 296 g/mol. The summed E-state index contributed by atoms with van der Waals surface area (Å²) in [6.45, 7) is 11.0. The molecule has 0 aliphatic carbocycles. The van der Waals surface area contributed by atoms with Crippen LogP contribution in [0.5, 0.6) is 0 Å². The molecule has 1 aromatic rings. The van der Waals surface area contributed by atoms with Crippen LogP contribution in [0.25, 0.3) is 0 Å². The zero-order valence-electron chi connectivity index (χ0n) is 13.6. The van der Waals surface area contributed by atoms with Gasteiger partial charge in [-0.3, -0.25) is 4.79 Å². The fourth-order valence-electron chi connectivity index (χ4n) is 2.36. The van der Waals surface area contributed by atoms with Gasteiger partial charge in [0.1, 0.15) is 0 Å². The highest BCUT2D eigenvalue weighted by molar-refractivity contribution is 7.12. The molecule has 0 radical (unpaired) electrons. The summed E-state index contributed by atoms with van der Waals surface area (Å²) >= 11 is 1.75. The summed E-state index contributed by atoms with van der Waals surface area (Å²) < 4.78 is 0. The molecule has 4 heteroatoms. The minimum Gasteiger partial charge on any atom is -0.338 e. The lowest BCUT2D eigenvalue weighted by Crippen LogP contribution is -2.39. The molecule has 3 nitrogen and oxygen atoms in total. The topological polar surface area (TPSA) is 46.3 Å². The number of nitrogens with zero attached hydrogens (tertiary/aromatic N) is 1. The molecule has 1 rings (SSSR count). The highest BCUT2D eigenvalue weighted by Crippen LogP contribution is 2.30. The van der Waals surface area contributed by atoms with E-state index in [4.69, 9.17) is 5.73 Å². The Balaban J connectivity index is 2.78. The maximum Gasteiger partial charge on any atom is 0.227 e. The van der Waals surface area contributed by atoms with Gasteiger partial charge in [0.05, 0.1) is 12.0 Å². The first-order valence-corrected chi connectivity index (χ1v) is 8.00. The van der Waals surface area contributed by atoms with Crippen molar-refractivity contribution < 1.29 is 4.79 Å². The lowest BCUT2D eigenvalue weighted by atomic mass is 9.84. The molecule has 1 aromatic heterocycles. The van der Waals surface area contributed by atoms with E-state index in [2.05, 4.69) is 46.8 Å². The van der Waals surface area contributed by atoms with Gasteiger partial charge in [0.2, 0.25) is 5.91 Å². The summed E-state index contributed by atoms with van der Waals surface area (Å²) in [6, 6.07) is 4.32. The number of thiophene rings is 1. The van der Waals surface area contributed by atoms with E-state index >= 15 is 0 Å². The Morgan fingerprint density at radius 1 is 1.40 bits per heavy atom. The quantitative estimate of drug-likeness (QED) is 0.902. The van der Waals surface area contributed by atoms with Gasteiger partial charge in [0, 0.05) is 23.3 Å². The molecule has 2 N–H and O–H groups in total. The summed E-state index contributed by atoms with van der Waals surface area (Å²) in [5.74, 6) is 0.0597. The Hall–Kier alpha value is -0.870. The van der Waals surface area contributed by atoms with Gasteiger partial charge < -0.3 is 10.6 Å². The molecular formula is C16H28N2OS. The molecule has 0 aliphatic heterocycles. The number of rotatable bonds is 5. The van der Waals surface area contributed by atoms with E-state index in [0.29, 0.717) is 6.54 Å². The molecule has 1 amide bonds. The number of carbonyl (C=O) groups excluding carboxylic acids is 1. The number of carbonyl (C=O) groups is 1. The number of hydrogen-bond acceptors (Lipinski definition) is 3. The minimum atomic E-state index is -0.0940. The van der Waals surface area contributed by atoms with Crippen LogP contribution in [-0.2, 0) is 4.79 Å². The fourth-order valence-corrected chi connectivity index (χ4v) is 3.33. The van der Waals surface area contributed by atoms with E-state index in [1.54, 1.807) is 11.3 Å². The average Bonchev–Trinajstić information content (AvgIpc) is 2.78. The smallest absolute Gasteiger partial charge is 0.227 e. The van der Waals surface area contributed by atoms with Crippen molar-refractivity contribution in [3.05, 3.63) is 21.9 Å². The van der Waals surface area contributed by atoms with Crippen molar-refractivity contribution in [1.29, 1.82) is 0 Å². The molecule has 0 bridgehead atoms. The van der Waals surface area contributed by atoms with E-state index in [1.807, 2.05) is 11.9 Å². The van der Waals surface area contributed by atoms with Crippen molar-refractivity contribution in [1.82, 2.24) is 4.90 Å². The van der Waals surface area contributed by atoms with E-state index in [9.17, 15) is 4.79 Å². The van der Waals surface area contributed by atoms with Gasteiger partial charge in [-0.2, -0.15) is 0 Å². The Labute approximate surface area is 127 Å². The third-order valence-corrected chi connectivity index (χ3v) is 4.76. The second kappa shape index (κ2) is 6.72. The van der Waals surface area contributed by atoms with E-state index in [-0.39, 0.29) is 23.3 Å². The normalized spacial score (nSPS) is 14.9. The first-order chi connectivity index (χ1) is 9.15. The Morgan fingerprint density at radius 3 is 2.40 bits per heavy atom. The molecule has 0 spiro atoms. The van der Waals surface area contributed by atoms with Gasteiger partial charge in [-0.15, -0.1) is 11.3 Å². The predicted molar refractivity (Wildman–Crippen MR) is 86.9 cm³/mol. The van der Waals surface area contributed by atoms with Gasteiger partial charge in [-0.05, 0) is 37.8 Å². The van der Waals surface area contributed by atoms with Gasteiger partial charge >= 0.3 is 0 Å². The number of hydrogen-bond donors (Lipinski definition) is 1. The maximum atomic E-state index is 12.6. The predicted octanol–water partition coefficient (Wildman–Crippen LogP) is 3.59. The second-order valence-corrected chi connectivity index (χ2v) is 8.09.